The van der Waals surface area contributed by atoms with E-state index >= 15 is 0 Å². The van der Waals surface area contributed by atoms with Crippen LogP contribution in [0.4, 0.5) is 0 Å². The van der Waals surface area contributed by atoms with Crippen LogP contribution in [0.1, 0.15) is 35.3 Å². The molecule has 2 aromatic rings. The molecule has 0 saturated heterocycles. The van der Waals surface area contributed by atoms with Gasteiger partial charge in [-0.2, -0.15) is 0 Å². The molecule has 7 nitrogen and oxygen atoms in total. The van der Waals surface area contributed by atoms with E-state index in [-0.39, 0.29) is 18.4 Å². The molecular weight excluding hydrogens is 308 g/mol. The minimum absolute atomic E-state index is 0.0289. The lowest BCUT2D eigenvalue weighted by Gasteiger charge is -2.26. The van der Waals surface area contributed by atoms with Gasteiger partial charge < -0.3 is 19.3 Å². The first kappa shape index (κ1) is 16.3. The van der Waals surface area contributed by atoms with E-state index in [0.29, 0.717) is 26.1 Å². The van der Waals surface area contributed by atoms with Gasteiger partial charge in [0.05, 0.1) is 19.6 Å². The summed E-state index contributed by atoms with van der Waals surface area (Å²) >= 11 is 0. The number of hydrogen-bond acceptors (Lipinski definition) is 4. The number of rotatable bonds is 4. The minimum Gasteiger partial charge on any atom is -0.361 e. The summed E-state index contributed by atoms with van der Waals surface area (Å²) in [4.78, 5) is 24.9. The van der Waals surface area contributed by atoms with Gasteiger partial charge in [0, 0.05) is 36.8 Å². The van der Waals surface area contributed by atoms with Crippen LogP contribution >= 0.6 is 0 Å². The summed E-state index contributed by atoms with van der Waals surface area (Å²) in [5.41, 5.74) is 4.19. The molecule has 3 heterocycles. The molecule has 128 valence electrons. The summed E-state index contributed by atoms with van der Waals surface area (Å²) in [7, 11) is 0. The topological polar surface area (TPSA) is 80.4 Å². The van der Waals surface area contributed by atoms with Gasteiger partial charge in [-0.05, 0) is 26.0 Å². The zero-order chi connectivity index (χ0) is 17.3. The molecule has 0 aliphatic carbocycles. The Hall–Kier alpha value is -2.57. The van der Waals surface area contributed by atoms with Crippen LogP contribution in [-0.2, 0) is 29.1 Å². The van der Waals surface area contributed by atoms with Crippen molar-refractivity contribution in [3.8, 4) is 0 Å². The first-order valence-electron chi connectivity index (χ1n) is 8.07. The van der Waals surface area contributed by atoms with Crippen molar-refractivity contribution in [2.75, 3.05) is 13.1 Å². The van der Waals surface area contributed by atoms with Gasteiger partial charge in [0.15, 0.2) is 0 Å². The monoisotopic (exact) mass is 330 g/mol. The van der Waals surface area contributed by atoms with Gasteiger partial charge in [-0.15, -0.1) is 0 Å². The number of hydrogen-bond donors (Lipinski definition) is 1. The second-order valence-electron chi connectivity index (χ2n) is 6.21. The Bertz CT molecular complexity index is 755. The van der Waals surface area contributed by atoms with Crippen molar-refractivity contribution in [2.45, 2.75) is 40.3 Å². The average Bonchev–Trinajstić information content (AvgIpc) is 3.10. The number of aryl methyl sites for hydroxylation is 2. The molecule has 0 spiro atoms. The van der Waals surface area contributed by atoms with Crippen LogP contribution in [0.3, 0.4) is 0 Å². The van der Waals surface area contributed by atoms with Gasteiger partial charge >= 0.3 is 0 Å². The van der Waals surface area contributed by atoms with Gasteiger partial charge in [0.1, 0.15) is 11.5 Å². The third-order valence-electron chi connectivity index (χ3n) is 4.48. The number of fused-ring (bicyclic) bond motifs is 1. The van der Waals surface area contributed by atoms with Crippen molar-refractivity contribution in [3.05, 3.63) is 40.5 Å². The van der Waals surface area contributed by atoms with Crippen LogP contribution < -0.4 is 5.32 Å². The van der Waals surface area contributed by atoms with Crippen molar-refractivity contribution in [3.63, 3.8) is 0 Å². The number of carbonyl (C=O) groups excluding carboxylic acids is 2. The Balaban J connectivity index is 1.75. The van der Waals surface area contributed by atoms with E-state index in [1.807, 2.05) is 0 Å². The highest BCUT2D eigenvalue weighted by Gasteiger charge is 2.27. The molecular formula is C17H22N4O3. The zero-order valence-corrected chi connectivity index (χ0v) is 14.3. The fourth-order valence-electron chi connectivity index (χ4n) is 3.01. The smallest absolute Gasteiger partial charge is 0.242 e. The van der Waals surface area contributed by atoms with Crippen LogP contribution in [0.5, 0.6) is 0 Å². The molecule has 1 aliphatic heterocycles. The summed E-state index contributed by atoms with van der Waals surface area (Å²) < 4.78 is 7.65. The normalized spacial score (nSPS) is 13.7. The number of aromatic nitrogens is 2. The quantitative estimate of drug-likeness (QED) is 0.912. The lowest BCUT2D eigenvalue weighted by Crippen LogP contribution is -2.42. The van der Waals surface area contributed by atoms with Crippen molar-refractivity contribution in [2.24, 2.45) is 0 Å². The molecule has 3 rings (SSSR count). The third kappa shape index (κ3) is 3.20. The molecule has 7 heteroatoms. The van der Waals surface area contributed by atoms with E-state index in [1.54, 1.807) is 4.90 Å². The molecule has 0 bridgehead atoms. The largest absolute Gasteiger partial charge is 0.361 e. The summed E-state index contributed by atoms with van der Waals surface area (Å²) in [5.74, 6) is 0.567. The zero-order valence-electron chi connectivity index (χ0n) is 14.3. The summed E-state index contributed by atoms with van der Waals surface area (Å²) in [6.07, 6.45) is 0.651. The number of carbonyl (C=O) groups is 2. The van der Waals surface area contributed by atoms with E-state index in [4.69, 9.17) is 4.52 Å². The Morgan fingerprint density at radius 2 is 2.00 bits per heavy atom. The fourth-order valence-corrected chi connectivity index (χ4v) is 3.01. The highest BCUT2D eigenvalue weighted by Crippen LogP contribution is 2.24. The van der Waals surface area contributed by atoms with Crippen LogP contribution in [0.15, 0.2) is 16.7 Å². The van der Waals surface area contributed by atoms with E-state index < -0.39 is 0 Å². The van der Waals surface area contributed by atoms with Crippen LogP contribution in [0.25, 0.3) is 0 Å². The Labute approximate surface area is 140 Å². The second kappa shape index (κ2) is 6.51. The number of nitrogens with zero attached hydrogens (tertiary/aromatic N) is 3. The van der Waals surface area contributed by atoms with Crippen molar-refractivity contribution < 1.29 is 14.1 Å². The molecule has 0 atom stereocenters. The molecule has 2 aromatic heterocycles. The van der Waals surface area contributed by atoms with Gasteiger partial charge in [0.25, 0.3) is 0 Å². The summed E-state index contributed by atoms with van der Waals surface area (Å²) in [6, 6.07) is 4.15. The third-order valence-corrected chi connectivity index (χ3v) is 4.48. The highest BCUT2D eigenvalue weighted by molar-refractivity contribution is 5.83. The fraction of sp³-hybridized carbons (Fsp3) is 0.471. The molecule has 0 radical (unpaired) electrons. The van der Waals surface area contributed by atoms with E-state index in [9.17, 15) is 9.59 Å². The average molecular weight is 330 g/mol. The number of amides is 2. The lowest BCUT2D eigenvalue weighted by atomic mass is 10.1. The first-order chi connectivity index (χ1) is 11.5. The Kier molecular flexibility index (Phi) is 4.42. The van der Waals surface area contributed by atoms with Crippen LogP contribution in [-0.4, -0.2) is 39.5 Å². The maximum absolute atomic E-state index is 12.2. The molecule has 24 heavy (non-hydrogen) atoms. The van der Waals surface area contributed by atoms with Crippen molar-refractivity contribution >= 4 is 11.8 Å². The predicted molar refractivity (Wildman–Crippen MR) is 87.3 cm³/mol. The van der Waals surface area contributed by atoms with Crippen LogP contribution in [0.2, 0.25) is 0 Å². The highest BCUT2D eigenvalue weighted by atomic mass is 16.5. The van der Waals surface area contributed by atoms with E-state index in [0.717, 1.165) is 17.0 Å². The van der Waals surface area contributed by atoms with Gasteiger partial charge in [0.2, 0.25) is 11.8 Å². The Morgan fingerprint density at radius 1 is 1.29 bits per heavy atom. The van der Waals surface area contributed by atoms with Crippen molar-refractivity contribution in [1.82, 2.24) is 19.9 Å². The predicted octanol–water partition coefficient (Wildman–Crippen LogP) is 1.16. The molecule has 2 amide bonds. The molecule has 1 N–H and O–H groups in total. The molecule has 0 saturated carbocycles. The van der Waals surface area contributed by atoms with Gasteiger partial charge in [-0.25, -0.2) is 0 Å². The van der Waals surface area contributed by atoms with Gasteiger partial charge in [-0.1, -0.05) is 5.16 Å². The maximum atomic E-state index is 12.2. The minimum atomic E-state index is -0.203. The SMILES string of the molecule is CC(=O)NCC(=O)N1CCc2onc(Cn3c(C)ccc3C)c2C1. The number of nitrogens with one attached hydrogen (secondary N) is 1. The maximum Gasteiger partial charge on any atom is 0.242 e. The summed E-state index contributed by atoms with van der Waals surface area (Å²) in [5, 5.41) is 6.77. The lowest BCUT2D eigenvalue weighted by molar-refractivity contribution is -0.133. The second-order valence-corrected chi connectivity index (χ2v) is 6.21. The van der Waals surface area contributed by atoms with Gasteiger partial charge in [-0.3, -0.25) is 9.59 Å². The standard InChI is InChI=1S/C17H22N4O3/c1-11-4-5-12(2)21(11)10-15-14-9-20(7-6-16(14)24-19-15)17(23)8-18-13(3)22/h4-5H,6-10H2,1-3H3,(H,18,22). The summed E-state index contributed by atoms with van der Waals surface area (Å²) in [6.45, 7) is 7.25. The van der Waals surface area contributed by atoms with E-state index in [2.05, 4.69) is 41.0 Å². The molecule has 0 fully saturated rings. The Morgan fingerprint density at radius 3 is 2.67 bits per heavy atom. The van der Waals surface area contributed by atoms with E-state index in [1.165, 1.54) is 18.3 Å². The molecule has 0 aromatic carbocycles. The molecule has 1 aliphatic rings. The van der Waals surface area contributed by atoms with Crippen molar-refractivity contribution in [1.29, 1.82) is 0 Å². The molecule has 0 unspecified atom stereocenters. The van der Waals surface area contributed by atoms with Crippen LogP contribution in [0, 0.1) is 13.8 Å². The first-order valence-corrected chi connectivity index (χ1v) is 8.07.